The van der Waals surface area contributed by atoms with E-state index in [9.17, 15) is 19.4 Å². The number of hydrogen-bond donors (Lipinski definition) is 3. The quantitative estimate of drug-likeness (QED) is 0.632. The maximum Gasteiger partial charge on any atom is 0.269 e. The lowest BCUT2D eigenvalue weighted by Gasteiger charge is -2.08. The predicted molar refractivity (Wildman–Crippen MR) is 72.3 cm³/mol. The van der Waals surface area contributed by atoms with E-state index < -0.39 is 22.9 Å². The number of aromatic hydroxyl groups is 3. The number of aromatic nitrogens is 2. The molecule has 0 aliphatic rings. The maximum absolute atomic E-state index is 13.4. The molecule has 0 amide bonds. The van der Waals surface area contributed by atoms with Gasteiger partial charge in [0, 0.05) is 18.2 Å². The lowest BCUT2D eigenvalue weighted by atomic mass is 10.2. The van der Waals surface area contributed by atoms with Gasteiger partial charge < -0.3 is 15.3 Å². The minimum atomic E-state index is -0.880. The zero-order valence-electron chi connectivity index (χ0n) is 10.5. The summed E-state index contributed by atoms with van der Waals surface area (Å²) in [6, 6.07) is 5.68. The molecule has 0 aliphatic heterocycles. The Morgan fingerprint density at radius 3 is 2.52 bits per heavy atom. The number of fused-ring (bicyclic) bond motifs is 1. The van der Waals surface area contributed by atoms with Gasteiger partial charge in [0.25, 0.3) is 5.56 Å². The van der Waals surface area contributed by atoms with Crippen LogP contribution in [-0.4, -0.2) is 24.9 Å². The summed E-state index contributed by atoms with van der Waals surface area (Å²) >= 11 is 0. The second kappa shape index (κ2) is 4.48. The third-order valence-corrected chi connectivity index (χ3v) is 3.04. The second-order valence-corrected chi connectivity index (χ2v) is 4.41. The van der Waals surface area contributed by atoms with Crippen LogP contribution in [0.4, 0.5) is 4.39 Å². The van der Waals surface area contributed by atoms with Crippen molar-refractivity contribution in [1.82, 2.24) is 9.55 Å². The van der Waals surface area contributed by atoms with Gasteiger partial charge in [-0.3, -0.25) is 9.36 Å². The first-order chi connectivity index (χ1) is 9.97. The maximum atomic E-state index is 13.4. The fourth-order valence-electron chi connectivity index (χ4n) is 2.04. The highest BCUT2D eigenvalue weighted by molar-refractivity contribution is 5.85. The van der Waals surface area contributed by atoms with E-state index in [4.69, 9.17) is 5.11 Å². The molecule has 0 fully saturated rings. The molecule has 0 spiro atoms. The summed E-state index contributed by atoms with van der Waals surface area (Å²) in [7, 11) is 0. The first-order valence-electron chi connectivity index (χ1n) is 5.89. The minimum absolute atomic E-state index is 0.0937. The molecule has 0 saturated heterocycles. The number of halogens is 1. The van der Waals surface area contributed by atoms with Gasteiger partial charge in [-0.1, -0.05) is 0 Å². The first-order valence-corrected chi connectivity index (χ1v) is 5.89. The van der Waals surface area contributed by atoms with E-state index in [1.807, 2.05) is 0 Å². The molecular formula is C14H9FN2O4. The summed E-state index contributed by atoms with van der Waals surface area (Å²) in [5.74, 6) is -2.06. The molecule has 106 valence electrons. The zero-order valence-corrected chi connectivity index (χ0v) is 10.5. The van der Waals surface area contributed by atoms with E-state index in [0.29, 0.717) is 0 Å². The van der Waals surface area contributed by atoms with E-state index in [1.165, 1.54) is 12.1 Å². The average Bonchev–Trinajstić information content (AvgIpc) is 2.41. The van der Waals surface area contributed by atoms with E-state index in [-0.39, 0.29) is 22.3 Å². The van der Waals surface area contributed by atoms with Crippen molar-refractivity contribution in [2.24, 2.45) is 0 Å². The molecule has 1 aromatic heterocycles. The van der Waals surface area contributed by atoms with Gasteiger partial charge >= 0.3 is 0 Å². The Labute approximate surface area is 117 Å². The standard InChI is InChI=1S/C14H9FN2O4/c15-9-3-7(1-2-11(9)19)17-6-16-10-4-8(18)5-12(20)13(10)14(17)21/h1-6,18-20H. The molecule has 3 aromatic rings. The van der Waals surface area contributed by atoms with Crippen molar-refractivity contribution in [3.05, 3.63) is 52.8 Å². The van der Waals surface area contributed by atoms with Crippen LogP contribution in [0.25, 0.3) is 16.6 Å². The van der Waals surface area contributed by atoms with Crippen LogP contribution in [0.2, 0.25) is 0 Å². The summed E-state index contributed by atoms with van der Waals surface area (Å²) in [4.78, 5) is 16.3. The molecule has 0 bridgehead atoms. The molecule has 0 atom stereocenters. The van der Waals surface area contributed by atoms with Gasteiger partial charge in [-0.2, -0.15) is 0 Å². The molecule has 0 radical (unpaired) electrons. The Morgan fingerprint density at radius 2 is 1.81 bits per heavy atom. The van der Waals surface area contributed by atoms with Crippen LogP contribution in [0, 0.1) is 5.82 Å². The van der Waals surface area contributed by atoms with Gasteiger partial charge in [0.05, 0.1) is 11.2 Å². The molecule has 7 heteroatoms. The van der Waals surface area contributed by atoms with Crippen molar-refractivity contribution >= 4 is 10.9 Å². The van der Waals surface area contributed by atoms with Crippen molar-refractivity contribution in [2.45, 2.75) is 0 Å². The lowest BCUT2D eigenvalue weighted by Crippen LogP contribution is -2.19. The number of phenolic OH excluding ortho intramolecular Hbond substituents is 3. The molecular weight excluding hydrogens is 279 g/mol. The molecule has 0 saturated carbocycles. The Bertz CT molecular complexity index is 921. The summed E-state index contributed by atoms with van der Waals surface area (Å²) in [6.45, 7) is 0. The van der Waals surface area contributed by atoms with Crippen LogP contribution in [0.3, 0.4) is 0 Å². The van der Waals surface area contributed by atoms with Crippen LogP contribution in [0.1, 0.15) is 0 Å². The monoisotopic (exact) mass is 288 g/mol. The highest BCUT2D eigenvalue weighted by Gasteiger charge is 2.12. The van der Waals surface area contributed by atoms with Crippen LogP contribution in [0.5, 0.6) is 17.2 Å². The molecule has 3 N–H and O–H groups in total. The topological polar surface area (TPSA) is 95.6 Å². The summed E-state index contributed by atoms with van der Waals surface area (Å²) < 4.78 is 14.4. The summed E-state index contributed by atoms with van der Waals surface area (Å²) in [5.41, 5.74) is -0.354. The molecule has 6 nitrogen and oxygen atoms in total. The van der Waals surface area contributed by atoms with Crippen molar-refractivity contribution < 1.29 is 19.7 Å². The van der Waals surface area contributed by atoms with Crippen LogP contribution in [-0.2, 0) is 0 Å². The van der Waals surface area contributed by atoms with Gasteiger partial charge in [0.15, 0.2) is 11.6 Å². The van der Waals surface area contributed by atoms with Crippen molar-refractivity contribution in [2.75, 3.05) is 0 Å². The molecule has 0 aliphatic carbocycles. The number of phenols is 3. The largest absolute Gasteiger partial charge is 0.508 e. The Hall–Kier alpha value is -3.09. The predicted octanol–water partition coefficient (Wildman–Crippen LogP) is 1.64. The highest BCUT2D eigenvalue weighted by atomic mass is 19.1. The van der Waals surface area contributed by atoms with E-state index in [0.717, 1.165) is 29.1 Å². The van der Waals surface area contributed by atoms with Crippen LogP contribution < -0.4 is 5.56 Å². The molecule has 1 heterocycles. The SMILES string of the molecule is O=c1c2c(O)cc(O)cc2ncn1-c1ccc(O)c(F)c1. The number of nitrogens with zero attached hydrogens (tertiary/aromatic N) is 2. The summed E-state index contributed by atoms with van der Waals surface area (Å²) in [5, 5.41) is 28.2. The van der Waals surface area contributed by atoms with Crippen molar-refractivity contribution in [3.63, 3.8) is 0 Å². The third-order valence-electron chi connectivity index (χ3n) is 3.04. The smallest absolute Gasteiger partial charge is 0.269 e. The van der Waals surface area contributed by atoms with Gasteiger partial charge in [-0.25, -0.2) is 9.37 Å². The summed E-state index contributed by atoms with van der Waals surface area (Å²) in [6.07, 6.45) is 1.15. The fraction of sp³-hybridized carbons (Fsp3) is 0. The minimum Gasteiger partial charge on any atom is -0.508 e. The van der Waals surface area contributed by atoms with E-state index >= 15 is 0 Å². The number of hydrogen-bond acceptors (Lipinski definition) is 5. The highest BCUT2D eigenvalue weighted by Crippen LogP contribution is 2.26. The average molecular weight is 288 g/mol. The number of benzene rings is 2. The van der Waals surface area contributed by atoms with Crippen LogP contribution in [0.15, 0.2) is 41.5 Å². The van der Waals surface area contributed by atoms with Crippen molar-refractivity contribution in [3.8, 4) is 22.9 Å². The van der Waals surface area contributed by atoms with Crippen LogP contribution >= 0.6 is 0 Å². The van der Waals surface area contributed by atoms with Gasteiger partial charge in [-0.15, -0.1) is 0 Å². The number of rotatable bonds is 1. The molecule has 0 unspecified atom stereocenters. The van der Waals surface area contributed by atoms with E-state index in [1.54, 1.807) is 0 Å². The normalized spacial score (nSPS) is 10.9. The van der Waals surface area contributed by atoms with Gasteiger partial charge in [0.2, 0.25) is 0 Å². The Balaban J connectivity index is 2.32. The van der Waals surface area contributed by atoms with E-state index in [2.05, 4.69) is 4.98 Å². The fourth-order valence-corrected chi connectivity index (χ4v) is 2.04. The first kappa shape index (κ1) is 12.9. The molecule has 21 heavy (non-hydrogen) atoms. The van der Waals surface area contributed by atoms with Gasteiger partial charge in [0.1, 0.15) is 23.2 Å². The second-order valence-electron chi connectivity index (χ2n) is 4.41. The zero-order chi connectivity index (χ0) is 15.1. The molecule has 3 rings (SSSR count). The Morgan fingerprint density at radius 1 is 1.05 bits per heavy atom. The molecule has 2 aromatic carbocycles. The Kier molecular flexibility index (Phi) is 2.76. The van der Waals surface area contributed by atoms with Gasteiger partial charge in [-0.05, 0) is 12.1 Å². The van der Waals surface area contributed by atoms with Crippen molar-refractivity contribution in [1.29, 1.82) is 0 Å². The lowest BCUT2D eigenvalue weighted by molar-refractivity contribution is 0.432. The third kappa shape index (κ3) is 2.04.